The molecule has 0 heterocycles. The van der Waals surface area contributed by atoms with Crippen LogP contribution < -0.4 is 10.1 Å². The maximum absolute atomic E-state index is 8.61. The predicted molar refractivity (Wildman–Crippen MR) is 61.0 cm³/mol. The number of nitrogens with one attached hydrogen (secondary N) is 1. The third-order valence-corrected chi connectivity index (χ3v) is 2.04. The molecule has 4 nitrogen and oxygen atoms in total. The van der Waals surface area contributed by atoms with Crippen molar-refractivity contribution in [1.82, 2.24) is 5.32 Å². The van der Waals surface area contributed by atoms with Crippen molar-refractivity contribution in [2.45, 2.75) is 13.0 Å². The van der Waals surface area contributed by atoms with Crippen molar-refractivity contribution in [3.8, 4) is 11.8 Å². The van der Waals surface area contributed by atoms with Gasteiger partial charge in [-0.2, -0.15) is 5.26 Å². The van der Waals surface area contributed by atoms with E-state index in [1.165, 1.54) is 0 Å². The standard InChI is InChI=1S/C12H16N2O2/c13-5-8-16-12-4-1-3-11(9-12)10-14-6-2-7-15/h1,3-4,9,14-15H,2,6-8,10H2. The molecule has 0 aliphatic rings. The lowest BCUT2D eigenvalue weighted by atomic mass is 10.2. The summed E-state index contributed by atoms with van der Waals surface area (Å²) in [5.74, 6) is 0.711. The molecule has 0 radical (unpaired) electrons. The first-order valence-corrected chi connectivity index (χ1v) is 5.27. The Balaban J connectivity index is 2.38. The molecule has 0 spiro atoms. The molecule has 0 saturated heterocycles. The van der Waals surface area contributed by atoms with E-state index in [1.807, 2.05) is 30.3 Å². The van der Waals surface area contributed by atoms with Gasteiger partial charge in [0.2, 0.25) is 0 Å². The molecule has 0 amide bonds. The van der Waals surface area contributed by atoms with Crippen LogP contribution in [0.5, 0.6) is 5.75 Å². The van der Waals surface area contributed by atoms with Gasteiger partial charge in [0.05, 0.1) is 0 Å². The zero-order chi connectivity index (χ0) is 11.6. The van der Waals surface area contributed by atoms with Crippen LogP contribution in [0, 0.1) is 11.3 Å². The van der Waals surface area contributed by atoms with Crippen molar-refractivity contribution in [2.75, 3.05) is 19.8 Å². The van der Waals surface area contributed by atoms with Gasteiger partial charge in [-0.1, -0.05) is 12.1 Å². The highest BCUT2D eigenvalue weighted by molar-refractivity contribution is 5.28. The average Bonchev–Trinajstić information content (AvgIpc) is 2.33. The molecular weight excluding hydrogens is 204 g/mol. The molecule has 1 aromatic carbocycles. The number of hydrogen-bond donors (Lipinski definition) is 2. The van der Waals surface area contributed by atoms with Gasteiger partial charge in [0, 0.05) is 13.2 Å². The third-order valence-electron chi connectivity index (χ3n) is 2.04. The summed E-state index contributed by atoms with van der Waals surface area (Å²) in [4.78, 5) is 0. The molecule has 0 aromatic heterocycles. The van der Waals surface area contributed by atoms with Gasteiger partial charge in [-0.3, -0.25) is 0 Å². The Morgan fingerprint density at radius 2 is 2.31 bits per heavy atom. The van der Waals surface area contributed by atoms with Crippen LogP contribution in [0.15, 0.2) is 24.3 Å². The van der Waals surface area contributed by atoms with Gasteiger partial charge in [-0.15, -0.1) is 0 Å². The zero-order valence-electron chi connectivity index (χ0n) is 9.15. The summed E-state index contributed by atoms with van der Waals surface area (Å²) >= 11 is 0. The number of hydrogen-bond acceptors (Lipinski definition) is 4. The van der Waals surface area contributed by atoms with E-state index in [1.54, 1.807) is 0 Å². The highest BCUT2D eigenvalue weighted by atomic mass is 16.5. The maximum Gasteiger partial charge on any atom is 0.174 e. The predicted octanol–water partition coefficient (Wildman–Crippen LogP) is 1.06. The smallest absolute Gasteiger partial charge is 0.174 e. The molecule has 0 aliphatic heterocycles. The van der Waals surface area contributed by atoms with Crippen molar-refractivity contribution >= 4 is 0 Å². The van der Waals surface area contributed by atoms with Crippen LogP contribution in [0.2, 0.25) is 0 Å². The fourth-order valence-corrected chi connectivity index (χ4v) is 1.30. The number of nitriles is 1. The van der Waals surface area contributed by atoms with E-state index in [-0.39, 0.29) is 13.2 Å². The van der Waals surface area contributed by atoms with Gasteiger partial charge in [-0.05, 0) is 30.7 Å². The van der Waals surface area contributed by atoms with E-state index in [2.05, 4.69) is 5.32 Å². The van der Waals surface area contributed by atoms with Crippen LogP contribution in [-0.2, 0) is 6.54 Å². The van der Waals surface area contributed by atoms with Crippen molar-refractivity contribution in [2.24, 2.45) is 0 Å². The number of benzene rings is 1. The van der Waals surface area contributed by atoms with E-state index >= 15 is 0 Å². The molecule has 0 saturated carbocycles. The molecular formula is C12H16N2O2. The molecule has 86 valence electrons. The molecule has 0 atom stereocenters. The number of rotatable bonds is 7. The number of ether oxygens (including phenoxy) is 1. The summed E-state index contributed by atoms with van der Waals surface area (Å²) in [6.07, 6.45) is 0.755. The first-order valence-electron chi connectivity index (χ1n) is 5.27. The van der Waals surface area contributed by atoms with E-state index in [0.29, 0.717) is 5.75 Å². The largest absolute Gasteiger partial charge is 0.479 e. The van der Waals surface area contributed by atoms with Crippen LogP contribution in [0.4, 0.5) is 0 Å². The van der Waals surface area contributed by atoms with E-state index < -0.39 is 0 Å². The van der Waals surface area contributed by atoms with Crippen LogP contribution >= 0.6 is 0 Å². The summed E-state index contributed by atoms with van der Waals surface area (Å²) in [6, 6.07) is 9.55. The summed E-state index contributed by atoms with van der Waals surface area (Å²) < 4.78 is 5.19. The topological polar surface area (TPSA) is 65.3 Å². The Hall–Kier alpha value is -1.57. The lowest BCUT2D eigenvalue weighted by Crippen LogP contribution is -2.15. The second kappa shape index (κ2) is 7.69. The molecule has 1 aromatic rings. The molecule has 0 bridgehead atoms. The normalized spacial score (nSPS) is 9.75. The van der Waals surface area contributed by atoms with Crippen molar-refractivity contribution < 1.29 is 9.84 Å². The molecule has 16 heavy (non-hydrogen) atoms. The Labute approximate surface area is 95.5 Å². The number of aliphatic hydroxyl groups excluding tert-OH is 1. The minimum Gasteiger partial charge on any atom is -0.479 e. The van der Waals surface area contributed by atoms with Crippen LogP contribution in [0.1, 0.15) is 12.0 Å². The van der Waals surface area contributed by atoms with Gasteiger partial charge >= 0.3 is 0 Å². The molecule has 1 rings (SSSR count). The number of nitrogens with zero attached hydrogens (tertiary/aromatic N) is 1. The first-order chi connectivity index (χ1) is 7.86. The van der Waals surface area contributed by atoms with Crippen LogP contribution in [0.25, 0.3) is 0 Å². The summed E-state index contributed by atoms with van der Waals surface area (Å²) in [6.45, 7) is 1.81. The SMILES string of the molecule is N#CCOc1cccc(CNCCCO)c1. The van der Waals surface area contributed by atoms with E-state index in [4.69, 9.17) is 15.1 Å². The van der Waals surface area contributed by atoms with Crippen molar-refractivity contribution in [3.05, 3.63) is 29.8 Å². The van der Waals surface area contributed by atoms with Gasteiger partial charge in [0.1, 0.15) is 11.8 Å². The summed E-state index contributed by atoms with van der Waals surface area (Å²) in [5.41, 5.74) is 1.10. The Morgan fingerprint density at radius 1 is 1.44 bits per heavy atom. The molecule has 4 heteroatoms. The average molecular weight is 220 g/mol. The third kappa shape index (κ3) is 4.78. The fourth-order valence-electron chi connectivity index (χ4n) is 1.30. The van der Waals surface area contributed by atoms with Crippen molar-refractivity contribution in [1.29, 1.82) is 5.26 Å². The zero-order valence-corrected chi connectivity index (χ0v) is 9.15. The Bertz CT molecular complexity index is 347. The highest BCUT2D eigenvalue weighted by Gasteiger charge is 1.96. The molecule has 0 aliphatic carbocycles. The van der Waals surface area contributed by atoms with Crippen LogP contribution in [-0.4, -0.2) is 24.9 Å². The summed E-state index contributed by atoms with van der Waals surface area (Å²) in [7, 11) is 0. The fraction of sp³-hybridized carbons (Fsp3) is 0.417. The van der Waals surface area contributed by atoms with Gasteiger partial charge in [0.15, 0.2) is 6.61 Å². The minimum absolute atomic E-state index is 0.0708. The van der Waals surface area contributed by atoms with Gasteiger partial charge in [0.25, 0.3) is 0 Å². The second-order valence-corrected chi connectivity index (χ2v) is 3.35. The van der Waals surface area contributed by atoms with E-state index in [9.17, 15) is 0 Å². The highest BCUT2D eigenvalue weighted by Crippen LogP contribution is 2.12. The monoisotopic (exact) mass is 220 g/mol. The second-order valence-electron chi connectivity index (χ2n) is 3.35. The van der Waals surface area contributed by atoms with Crippen molar-refractivity contribution in [3.63, 3.8) is 0 Å². The minimum atomic E-state index is 0.0708. The van der Waals surface area contributed by atoms with Gasteiger partial charge < -0.3 is 15.2 Å². The van der Waals surface area contributed by atoms with E-state index in [0.717, 1.165) is 25.1 Å². The first kappa shape index (κ1) is 12.5. The molecule has 0 fully saturated rings. The Kier molecular flexibility index (Phi) is 6.00. The molecule has 0 unspecified atom stereocenters. The Morgan fingerprint density at radius 3 is 3.06 bits per heavy atom. The lowest BCUT2D eigenvalue weighted by molar-refractivity contribution is 0.286. The number of aliphatic hydroxyl groups is 1. The maximum atomic E-state index is 8.61. The molecule has 2 N–H and O–H groups in total. The summed E-state index contributed by atoms with van der Waals surface area (Å²) in [5, 5.41) is 20.2. The quantitative estimate of drug-likeness (QED) is 0.674. The lowest BCUT2D eigenvalue weighted by Gasteiger charge is -2.06. The van der Waals surface area contributed by atoms with Crippen LogP contribution in [0.3, 0.4) is 0 Å². The van der Waals surface area contributed by atoms with Gasteiger partial charge in [-0.25, -0.2) is 0 Å².